The number of nitrogens with zero attached hydrogens (tertiary/aromatic N) is 1. The molecule has 0 heterocycles. The molecule has 0 aromatic heterocycles. The number of halogens is 3. The number of anilines is 2. The van der Waals surface area contributed by atoms with Crippen molar-refractivity contribution in [3.05, 3.63) is 24.3 Å². The molecule has 0 saturated heterocycles. The smallest absolute Gasteiger partial charge is 0.105 e. The average Bonchev–Trinajstić information content (AvgIpc) is 2.05. The van der Waals surface area contributed by atoms with Crippen LogP contribution in [0.1, 0.15) is 0 Å². The lowest BCUT2D eigenvalue weighted by Crippen LogP contribution is -1.94. The van der Waals surface area contributed by atoms with Crippen molar-refractivity contribution in [3.8, 4) is 0 Å². The SMILES string of the molecule is FNc1ccc(N(F)F)cc1. The molecule has 0 saturated carbocycles. The summed E-state index contributed by atoms with van der Waals surface area (Å²) in [5, 5.41) is -1.04. The first-order chi connectivity index (χ1) is 5.24. The van der Waals surface area contributed by atoms with E-state index in [0.29, 0.717) is 0 Å². The molecule has 1 rings (SSSR count). The fourth-order valence-electron chi connectivity index (χ4n) is 0.637. The van der Waals surface area contributed by atoms with Gasteiger partial charge in [0.25, 0.3) is 0 Å². The van der Waals surface area contributed by atoms with Crippen LogP contribution in [0.15, 0.2) is 24.3 Å². The molecule has 1 aromatic rings. The lowest BCUT2D eigenvalue weighted by atomic mass is 10.3. The Balaban J connectivity index is 2.83. The predicted molar refractivity (Wildman–Crippen MR) is 35.9 cm³/mol. The third-order valence-corrected chi connectivity index (χ3v) is 1.17. The summed E-state index contributed by atoms with van der Waals surface area (Å²) in [4.78, 5) is 0. The molecule has 1 aromatic carbocycles. The highest BCUT2D eigenvalue weighted by molar-refractivity contribution is 5.51. The van der Waals surface area contributed by atoms with Crippen molar-refractivity contribution in [3.63, 3.8) is 0 Å². The third-order valence-electron chi connectivity index (χ3n) is 1.17. The summed E-state index contributed by atoms with van der Waals surface area (Å²) in [7, 11) is 0. The molecule has 0 bridgehead atoms. The van der Waals surface area contributed by atoms with Gasteiger partial charge in [0.2, 0.25) is 0 Å². The summed E-state index contributed by atoms with van der Waals surface area (Å²) in [6.07, 6.45) is 0. The number of hydrogen-bond acceptors (Lipinski definition) is 2. The van der Waals surface area contributed by atoms with Crippen molar-refractivity contribution in [1.29, 1.82) is 0 Å². The van der Waals surface area contributed by atoms with E-state index in [9.17, 15) is 13.4 Å². The molecule has 0 fully saturated rings. The zero-order chi connectivity index (χ0) is 8.27. The monoisotopic (exact) mass is 162 g/mol. The van der Waals surface area contributed by atoms with E-state index in [2.05, 4.69) is 0 Å². The van der Waals surface area contributed by atoms with Gasteiger partial charge in [-0.25, -0.2) is 5.54 Å². The minimum Gasteiger partial charge on any atom is -0.225 e. The molecule has 11 heavy (non-hydrogen) atoms. The van der Waals surface area contributed by atoms with Gasteiger partial charge in [-0.2, -0.15) is 0 Å². The molecule has 0 aliphatic carbocycles. The van der Waals surface area contributed by atoms with Crippen LogP contribution in [-0.2, 0) is 0 Å². The van der Waals surface area contributed by atoms with Crippen LogP contribution in [0.25, 0.3) is 0 Å². The number of rotatable bonds is 2. The lowest BCUT2D eigenvalue weighted by molar-refractivity contribution is 0.235. The number of nitrogens with one attached hydrogen (secondary N) is 1. The van der Waals surface area contributed by atoms with Crippen LogP contribution in [0.4, 0.5) is 24.8 Å². The first-order valence-corrected chi connectivity index (χ1v) is 2.82. The van der Waals surface area contributed by atoms with Gasteiger partial charge in [-0.3, -0.25) is 0 Å². The van der Waals surface area contributed by atoms with E-state index in [0.717, 1.165) is 12.1 Å². The van der Waals surface area contributed by atoms with Crippen LogP contribution < -0.4 is 10.9 Å². The molecule has 0 unspecified atom stereocenters. The Morgan fingerprint density at radius 1 is 1.09 bits per heavy atom. The van der Waals surface area contributed by atoms with E-state index < -0.39 is 5.34 Å². The largest absolute Gasteiger partial charge is 0.225 e. The second kappa shape index (κ2) is 3.14. The van der Waals surface area contributed by atoms with Crippen LogP contribution in [0.5, 0.6) is 0 Å². The van der Waals surface area contributed by atoms with E-state index in [4.69, 9.17) is 0 Å². The summed E-state index contributed by atoms with van der Waals surface area (Å²) in [6, 6.07) is 4.62. The Hall–Kier alpha value is -1.39. The Labute approximate surface area is 61.0 Å². The maximum Gasteiger partial charge on any atom is 0.105 e. The van der Waals surface area contributed by atoms with Gasteiger partial charge in [-0.15, -0.1) is 4.48 Å². The Morgan fingerprint density at radius 3 is 2.00 bits per heavy atom. The van der Waals surface area contributed by atoms with Crippen LogP contribution in [0, 0.1) is 0 Å². The van der Waals surface area contributed by atoms with Crippen LogP contribution in [0.2, 0.25) is 0 Å². The first-order valence-electron chi connectivity index (χ1n) is 2.82. The maximum absolute atomic E-state index is 11.7. The second-order valence-corrected chi connectivity index (χ2v) is 1.87. The second-order valence-electron chi connectivity index (χ2n) is 1.87. The molecular formula is C6H5F3N2. The van der Waals surface area contributed by atoms with E-state index in [-0.39, 0.29) is 11.4 Å². The third kappa shape index (κ3) is 1.76. The molecule has 0 aliphatic rings. The fraction of sp³-hybridized carbons (Fsp3) is 0. The van der Waals surface area contributed by atoms with Crippen LogP contribution >= 0.6 is 0 Å². The molecule has 0 radical (unpaired) electrons. The number of benzene rings is 1. The zero-order valence-corrected chi connectivity index (χ0v) is 5.39. The highest BCUT2D eigenvalue weighted by atomic mass is 19.4. The summed E-state index contributed by atoms with van der Waals surface area (Å²) >= 11 is 0. The molecule has 2 nitrogen and oxygen atoms in total. The van der Waals surface area contributed by atoms with E-state index in [1.807, 2.05) is 0 Å². The summed E-state index contributed by atoms with van der Waals surface area (Å²) < 4.78 is 35.1. The zero-order valence-electron chi connectivity index (χ0n) is 5.39. The van der Waals surface area contributed by atoms with Crippen molar-refractivity contribution in [2.24, 2.45) is 0 Å². The minimum absolute atomic E-state index is 0.149. The Bertz CT molecular complexity index is 222. The van der Waals surface area contributed by atoms with Crippen molar-refractivity contribution >= 4 is 11.4 Å². The van der Waals surface area contributed by atoms with Crippen molar-refractivity contribution < 1.29 is 13.4 Å². The van der Waals surface area contributed by atoms with Gasteiger partial charge in [-0.05, 0) is 29.6 Å². The van der Waals surface area contributed by atoms with Gasteiger partial charge in [0, 0.05) is 0 Å². The summed E-state index contributed by atoms with van der Waals surface area (Å²) in [6.45, 7) is 0. The van der Waals surface area contributed by atoms with Crippen molar-refractivity contribution in [2.45, 2.75) is 0 Å². The maximum atomic E-state index is 11.7. The first kappa shape index (κ1) is 7.71. The van der Waals surface area contributed by atoms with E-state index >= 15 is 0 Å². The van der Waals surface area contributed by atoms with Crippen molar-refractivity contribution in [2.75, 3.05) is 10.9 Å². The van der Waals surface area contributed by atoms with Gasteiger partial charge >= 0.3 is 0 Å². The molecule has 0 aliphatic heterocycles. The Morgan fingerprint density at radius 2 is 1.64 bits per heavy atom. The molecule has 1 N–H and O–H groups in total. The van der Waals surface area contributed by atoms with Gasteiger partial charge < -0.3 is 0 Å². The van der Waals surface area contributed by atoms with Crippen molar-refractivity contribution in [1.82, 2.24) is 0 Å². The number of hydrogen-bond donors (Lipinski definition) is 1. The molecule has 60 valence electrons. The van der Waals surface area contributed by atoms with Gasteiger partial charge in [0.15, 0.2) is 0 Å². The van der Waals surface area contributed by atoms with Crippen LogP contribution in [-0.4, -0.2) is 0 Å². The van der Waals surface area contributed by atoms with Crippen LogP contribution in [0.3, 0.4) is 0 Å². The van der Waals surface area contributed by atoms with E-state index in [1.165, 1.54) is 17.7 Å². The molecule has 0 spiro atoms. The minimum atomic E-state index is -1.04. The predicted octanol–water partition coefficient (Wildman–Crippen LogP) is 2.56. The molecule has 0 amide bonds. The van der Waals surface area contributed by atoms with E-state index in [1.54, 1.807) is 0 Å². The average molecular weight is 162 g/mol. The van der Waals surface area contributed by atoms with Gasteiger partial charge in [-0.1, -0.05) is 8.96 Å². The molecule has 0 atom stereocenters. The Kier molecular flexibility index (Phi) is 2.20. The highest BCUT2D eigenvalue weighted by Crippen LogP contribution is 2.18. The summed E-state index contributed by atoms with van der Waals surface area (Å²) in [5.74, 6) is 0. The van der Waals surface area contributed by atoms with Gasteiger partial charge in [0.1, 0.15) is 5.69 Å². The fourth-order valence-corrected chi connectivity index (χ4v) is 0.637. The highest BCUT2D eigenvalue weighted by Gasteiger charge is 2.00. The lowest BCUT2D eigenvalue weighted by Gasteiger charge is -2.01. The van der Waals surface area contributed by atoms with Gasteiger partial charge in [0.05, 0.1) is 5.69 Å². The summed E-state index contributed by atoms with van der Waals surface area (Å²) in [5.41, 5.74) is 1.20. The molecular weight excluding hydrogens is 157 g/mol. The topological polar surface area (TPSA) is 15.3 Å². The quantitative estimate of drug-likeness (QED) is 0.672. The molecule has 5 heteroatoms. The normalized spacial score (nSPS) is 9.36. The standard InChI is InChI=1S/C6H5F3N2/c7-10-5-1-3-6(4-2-5)11(8)9/h1-4,10H.